The molecule has 1 atom stereocenters. The maximum absolute atomic E-state index is 8.97. The first kappa shape index (κ1) is 16.5. The Kier molecular flexibility index (Phi) is 8.46. The van der Waals surface area contributed by atoms with Crippen LogP contribution in [0.3, 0.4) is 0 Å². The molecule has 0 heterocycles. The summed E-state index contributed by atoms with van der Waals surface area (Å²) in [6.07, 6.45) is 0.909. The molecular weight excluding hydrogens is 260 g/mol. The largest absolute Gasteiger partial charge is 0.487 e. The Bertz CT molecular complexity index is 378. The maximum Gasteiger partial charge on any atom is 0.161 e. The van der Waals surface area contributed by atoms with Crippen LogP contribution in [0.25, 0.3) is 0 Å². The van der Waals surface area contributed by atoms with Crippen molar-refractivity contribution >= 4 is 0 Å². The Hall–Kier alpha value is -1.56. The lowest BCUT2D eigenvalue weighted by molar-refractivity contribution is -0.0914. The molecule has 0 spiro atoms. The van der Waals surface area contributed by atoms with E-state index < -0.39 is 6.29 Å². The van der Waals surface area contributed by atoms with Crippen molar-refractivity contribution in [2.24, 2.45) is 0 Å². The Labute approximate surface area is 119 Å². The van der Waals surface area contributed by atoms with Gasteiger partial charge in [0.05, 0.1) is 19.8 Å². The zero-order chi connectivity index (χ0) is 14.6. The summed E-state index contributed by atoms with van der Waals surface area (Å²) in [6.45, 7) is 7.23. The predicted molar refractivity (Wildman–Crippen MR) is 76.1 cm³/mol. The Morgan fingerprint density at radius 1 is 1.10 bits per heavy atom. The minimum absolute atomic E-state index is 0.314. The summed E-state index contributed by atoms with van der Waals surface area (Å²) in [5.74, 6) is 1.30. The highest BCUT2D eigenvalue weighted by atomic mass is 16.6. The van der Waals surface area contributed by atoms with E-state index in [1.165, 1.54) is 0 Å². The van der Waals surface area contributed by atoms with Crippen LogP contribution in [0.4, 0.5) is 0 Å². The summed E-state index contributed by atoms with van der Waals surface area (Å²) in [4.78, 5) is 0. The fourth-order valence-electron chi connectivity index (χ4n) is 1.44. The molecule has 0 radical (unpaired) electrons. The molecule has 0 aliphatic rings. The summed E-state index contributed by atoms with van der Waals surface area (Å²) in [5.41, 5.74) is 0. The molecular formula is C15H22O5. The van der Waals surface area contributed by atoms with Gasteiger partial charge in [0.15, 0.2) is 17.8 Å². The van der Waals surface area contributed by atoms with Crippen LogP contribution in [0.2, 0.25) is 0 Å². The average Bonchev–Trinajstić information content (AvgIpc) is 2.44. The number of rotatable bonds is 11. The molecule has 0 aliphatic carbocycles. The minimum Gasteiger partial charge on any atom is -0.487 e. The van der Waals surface area contributed by atoms with Gasteiger partial charge in [0.25, 0.3) is 0 Å². The molecule has 5 nitrogen and oxygen atoms in total. The van der Waals surface area contributed by atoms with Crippen molar-refractivity contribution in [3.05, 3.63) is 36.9 Å². The molecule has 0 saturated carbocycles. The van der Waals surface area contributed by atoms with Crippen molar-refractivity contribution in [1.82, 2.24) is 0 Å². The molecule has 1 N–H and O–H groups in total. The van der Waals surface area contributed by atoms with Crippen molar-refractivity contribution in [3.63, 3.8) is 0 Å². The van der Waals surface area contributed by atoms with E-state index in [9.17, 15) is 0 Å². The lowest BCUT2D eigenvalue weighted by Crippen LogP contribution is -2.14. The number of para-hydroxylation sites is 2. The summed E-state index contributed by atoms with van der Waals surface area (Å²) in [7, 11) is 0. The second kappa shape index (κ2) is 10.3. The van der Waals surface area contributed by atoms with E-state index in [2.05, 4.69) is 6.58 Å². The van der Waals surface area contributed by atoms with Crippen molar-refractivity contribution < 1.29 is 24.1 Å². The fourth-order valence-corrected chi connectivity index (χ4v) is 1.44. The van der Waals surface area contributed by atoms with E-state index in [1.54, 1.807) is 13.0 Å². The number of hydrogen-bond donors (Lipinski definition) is 1. The number of aliphatic hydroxyl groups excluding tert-OH is 1. The van der Waals surface area contributed by atoms with Gasteiger partial charge >= 0.3 is 0 Å². The molecule has 1 aromatic rings. The lowest BCUT2D eigenvalue weighted by Gasteiger charge is -2.13. The molecule has 5 heteroatoms. The van der Waals surface area contributed by atoms with E-state index in [0.29, 0.717) is 44.5 Å². The predicted octanol–water partition coefficient (Wildman–Crippen LogP) is 2.00. The molecule has 0 saturated heterocycles. The van der Waals surface area contributed by atoms with Crippen LogP contribution >= 0.6 is 0 Å². The van der Waals surface area contributed by atoms with Crippen LogP contribution in [-0.4, -0.2) is 44.4 Å². The average molecular weight is 282 g/mol. The molecule has 0 fully saturated rings. The van der Waals surface area contributed by atoms with Gasteiger partial charge in [-0.3, -0.25) is 0 Å². The quantitative estimate of drug-likeness (QED) is 0.382. The highest BCUT2D eigenvalue weighted by Gasteiger charge is 2.04. The normalized spacial score (nSPS) is 11.9. The van der Waals surface area contributed by atoms with Gasteiger partial charge in [0.2, 0.25) is 0 Å². The van der Waals surface area contributed by atoms with Crippen LogP contribution < -0.4 is 9.47 Å². The van der Waals surface area contributed by atoms with E-state index in [0.717, 1.165) is 0 Å². The first-order chi connectivity index (χ1) is 9.74. The van der Waals surface area contributed by atoms with Crippen molar-refractivity contribution in [3.8, 4) is 11.5 Å². The number of benzene rings is 1. The second-order valence-electron chi connectivity index (χ2n) is 3.98. The molecule has 0 aliphatic heterocycles. The van der Waals surface area contributed by atoms with Crippen LogP contribution in [0.15, 0.2) is 36.9 Å². The van der Waals surface area contributed by atoms with E-state index in [-0.39, 0.29) is 0 Å². The highest BCUT2D eigenvalue weighted by Crippen LogP contribution is 2.26. The van der Waals surface area contributed by atoms with Gasteiger partial charge in [0.1, 0.15) is 13.2 Å². The molecule has 0 bridgehead atoms. The SMILES string of the molecule is C=CCOCCOc1ccccc1OCCOC(C)O. The Morgan fingerprint density at radius 3 is 2.25 bits per heavy atom. The third-order valence-corrected chi connectivity index (χ3v) is 2.27. The van der Waals surface area contributed by atoms with Crippen molar-refractivity contribution in [1.29, 1.82) is 0 Å². The minimum atomic E-state index is -0.785. The monoisotopic (exact) mass is 282 g/mol. The standard InChI is InChI=1S/C15H22O5/c1-3-8-17-9-10-19-14-6-4-5-7-15(14)20-12-11-18-13(2)16/h3-7,13,16H,1,8-12H2,2H3. The molecule has 0 aromatic heterocycles. The molecule has 1 unspecified atom stereocenters. The highest BCUT2D eigenvalue weighted by molar-refractivity contribution is 5.39. The second-order valence-corrected chi connectivity index (χ2v) is 3.98. The lowest BCUT2D eigenvalue weighted by atomic mass is 10.3. The van der Waals surface area contributed by atoms with Crippen molar-refractivity contribution in [2.45, 2.75) is 13.2 Å². The molecule has 20 heavy (non-hydrogen) atoms. The van der Waals surface area contributed by atoms with Crippen LogP contribution in [-0.2, 0) is 9.47 Å². The van der Waals surface area contributed by atoms with Crippen LogP contribution in [0.5, 0.6) is 11.5 Å². The third-order valence-electron chi connectivity index (χ3n) is 2.27. The Balaban J connectivity index is 2.32. The summed E-state index contributed by atoms with van der Waals surface area (Å²) >= 11 is 0. The van der Waals surface area contributed by atoms with E-state index in [4.69, 9.17) is 24.1 Å². The summed E-state index contributed by atoms with van der Waals surface area (Å²) in [5, 5.41) is 8.97. The van der Waals surface area contributed by atoms with Crippen LogP contribution in [0.1, 0.15) is 6.92 Å². The first-order valence-electron chi connectivity index (χ1n) is 6.57. The van der Waals surface area contributed by atoms with Gasteiger partial charge in [-0.25, -0.2) is 0 Å². The summed E-state index contributed by atoms with van der Waals surface area (Å²) < 4.78 is 21.4. The number of hydrogen-bond acceptors (Lipinski definition) is 5. The van der Waals surface area contributed by atoms with Gasteiger partial charge in [0, 0.05) is 0 Å². The van der Waals surface area contributed by atoms with Gasteiger partial charge in [-0.2, -0.15) is 0 Å². The smallest absolute Gasteiger partial charge is 0.161 e. The van der Waals surface area contributed by atoms with Gasteiger partial charge in [-0.1, -0.05) is 18.2 Å². The third kappa shape index (κ3) is 7.13. The Morgan fingerprint density at radius 2 is 1.70 bits per heavy atom. The zero-order valence-electron chi connectivity index (χ0n) is 11.8. The first-order valence-corrected chi connectivity index (χ1v) is 6.57. The van der Waals surface area contributed by atoms with E-state index >= 15 is 0 Å². The number of ether oxygens (including phenoxy) is 4. The molecule has 112 valence electrons. The summed E-state index contributed by atoms with van der Waals surface area (Å²) in [6, 6.07) is 7.39. The van der Waals surface area contributed by atoms with Gasteiger partial charge in [-0.15, -0.1) is 6.58 Å². The van der Waals surface area contributed by atoms with Gasteiger partial charge in [-0.05, 0) is 19.1 Å². The van der Waals surface area contributed by atoms with Crippen molar-refractivity contribution in [2.75, 3.05) is 33.0 Å². The maximum atomic E-state index is 8.97. The molecule has 0 amide bonds. The van der Waals surface area contributed by atoms with Gasteiger partial charge < -0.3 is 24.1 Å². The fraction of sp³-hybridized carbons (Fsp3) is 0.467. The van der Waals surface area contributed by atoms with Crippen LogP contribution in [0, 0.1) is 0 Å². The molecule has 1 aromatic carbocycles. The zero-order valence-corrected chi connectivity index (χ0v) is 11.8. The topological polar surface area (TPSA) is 57.2 Å². The number of aliphatic hydroxyl groups is 1. The molecule has 1 rings (SSSR count). The van der Waals surface area contributed by atoms with E-state index in [1.807, 2.05) is 24.3 Å².